The van der Waals surface area contributed by atoms with Gasteiger partial charge in [0, 0.05) is 12.7 Å². The summed E-state index contributed by atoms with van der Waals surface area (Å²) in [6.07, 6.45) is 5.33. The lowest BCUT2D eigenvalue weighted by Crippen LogP contribution is -2.49. The first kappa shape index (κ1) is 22.8. The smallest absolute Gasteiger partial charge is 0.280 e. The molecule has 2 aliphatic rings. The van der Waals surface area contributed by atoms with Gasteiger partial charge in [-0.15, -0.1) is 0 Å². The van der Waals surface area contributed by atoms with E-state index in [1.54, 1.807) is 31.6 Å². The van der Waals surface area contributed by atoms with Crippen LogP contribution in [0.25, 0.3) is 11.8 Å². The van der Waals surface area contributed by atoms with E-state index in [-0.39, 0.29) is 24.0 Å². The summed E-state index contributed by atoms with van der Waals surface area (Å²) in [7, 11) is 1.59. The van der Waals surface area contributed by atoms with Gasteiger partial charge in [0.1, 0.15) is 22.8 Å². The number of fused-ring (bicyclic) bond motifs is 1. The van der Waals surface area contributed by atoms with Gasteiger partial charge >= 0.3 is 0 Å². The molecule has 2 aromatic carbocycles. The zero-order chi connectivity index (χ0) is 24.7. The number of likely N-dealkylation sites (N-methyl/N-ethyl adjacent to an activating group) is 1. The second-order valence-electron chi connectivity index (χ2n) is 8.65. The van der Waals surface area contributed by atoms with Gasteiger partial charge in [-0.1, -0.05) is 18.2 Å². The number of aliphatic hydroxyl groups excluding tert-OH is 1. The highest BCUT2D eigenvalue weighted by molar-refractivity contribution is 6.15. The third-order valence-corrected chi connectivity index (χ3v) is 6.53. The fraction of sp³-hybridized carbons (Fsp3) is 0.269. The first-order valence-corrected chi connectivity index (χ1v) is 11.4. The van der Waals surface area contributed by atoms with E-state index in [0.29, 0.717) is 30.4 Å². The van der Waals surface area contributed by atoms with Crippen LogP contribution in [0.3, 0.4) is 0 Å². The highest BCUT2D eigenvalue weighted by Crippen LogP contribution is 2.41. The van der Waals surface area contributed by atoms with Crippen LogP contribution in [-0.4, -0.2) is 63.1 Å². The van der Waals surface area contributed by atoms with E-state index in [1.165, 1.54) is 17.0 Å². The third-order valence-electron chi connectivity index (χ3n) is 6.53. The number of carbonyl (C=O) groups is 1. The van der Waals surface area contributed by atoms with Crippen LogP contribution in [0.15, 0.2) is 65.7 Å². The molecule has 3 aromatic rings. The molecule has 1 amide bonds. The number of imidazole rings is 1. The van der Waals surface area contributed by atoms with Crippen molar-refractivity contribution in [1.29, 1.82) is 0 Å². The molecule has 35 heavy (non-hydrogen) atoms. The number of ether oxygens (including phenoxy) is 1. The molecule has 9 heteroatoms. The molecular formula is C26H26FN5O3. The number of aryl methyl sites for hydroxylation is 1. The number of nitrogens with zero attached hydrogens (tertiary/aromatic N) is 5. The van der Waals surface area contributed by atoms with Crippen molar-refractivity contribution in [2.45, 2.75) is 19.4 Å². The SMILES string of the molecule is CCN1CC(CO)(c2ccc(F)cc2)N2C(=O)C(=Cc3ccc(-n4cnc(C)c4)c(OC)c3)N=C12. The minimum absolute atomic E-state index is 0.256. The normalized spacial score (nSPS) is 20.5. The molecule has 1 saturated heterocycles. The predicted octanol–water partition coefficient (Wildman–Crippen LogP) is 3.09. The maximum Gasteiger partial charge on any atom is 0.280 e. The maximum absolute atomic E-state index is 13.6. The summed E-state index contributed by atoms with van der Waals surface area (Å²) in [6, 6.07) is 11.5. The van der Waals surface area contributed by atoms with Crippen molar-refractivity contribution >= 4 is 17.9 Å². The molecule has 0 radical (unpaired) electrons. The maximum atomic E-state index is 13.6. The largest absolute Gasteiger partial charge is 0.495 e. The van der Waals surface area contributed by atoms with Gasteiger partial charge in [0.15, 0.2) is 0 Å². The van der Waals surface area contributed by atoms with Crippen LogP contribution in [-0.2, 0) is 10.3 Å². The molecule has 5 rings (SSSR count). The molecule has 8 nitrogen and oxygen atoms in total. The highest BCUT2D eigenvalue weighted by atomic mass is 19.1. The number of benzene rings is 2. The average molecular weight is 476 g/mol. The van der Waals surface area contributed by atoms with Crippen molar-refractivity contribution in [3.05, 3.63) is 83.3 Å². The van der Waals surface area contributed by atoms with Crippen LogP contribution in [0.1, 0.15) is 23.7 Å². The Hall–Kier alpha value is -3.98. The summed E-state index contributed by atoms with van der Waals surface area (Å²) in [4.78, 5) is 26.0. The minimum atomic E-state index is -1.05. The fourth-order valence-corrected chi connectivity index (χ4v) is 4.71. The first-order valence-electron chi connectivity index (χ1n) is 11.4. The highest BCUT2D eigenvalue weighted by Gasteiger charge is 2.55. The van der Waals surface area contributed by atoms with Crippen LogP contribution < -0.4 is 4.74 Å². The standard InChI is InChI=1S/C26H26FN5O3/c1-4-30-14-26(15-33,19-6-8-20(27)9-7-19)32-24(34)21(29-25(30)32)11-18-5-10-22(23(12-18)35-3)31-13-17(2)28-16-31/h5-13,16,33H,4,14-15H2,1-3H3. The monoisotopic (exact) mass is 475 g/mol. The number of amides is 1. The molecule has 3 heterocycles. The summed E-state index contributed by atoms with van der Waals surface area (Å²) in [6.45, 7) is 4.53. The van der Waals surface area contributed by atoms with Crippen molar-refractivity contribution < 1.29 is 19.0 Å². The number of halogens is 1. The number of rotatable bonds is 6. The average Bonchev–Trinajstić information content (AvgIpc) is 3.54. The van der Waals surface area contributed by atoms with Gasteiger partial charge in [-0.25, -0.2) is 14.4 Å². The van der Waals surface area contributed by atoms with Crippen LogP contribution in [0.2, 0.25) is 0 Å². The Labute approximate surface area is 202 Å². The van der Waals surface area contributed by atoms with E-state index >= 15 is 0 Å². The number of aliphatic imine (C=N–C) groups is 1. The lowest BCUT2D eigenvalue weighted by molar-refractivity contribution is -0.127. The number of guanidine groups is 1. The van der Waals surface area contributed by atoms with Gasteiger partial charge in [-0.2, -0.15) is 0 Å². The lowest BCUT2D eigenvalue weighted by atomic mass is 9.89. The first-order chi connectivity index (χ1) is 16.9. The summed E-state index contributed by atoms with van der Waals surface area (Å²) < 4.78 is 21.1. The summed E-state index contributed by atoms with van der Waals surface area (Å²) >= 11 is 0. The molecule has 1 N–H and O–H groups in total. The number of carbonyl (C=O) groups excluding carboxylic acids is 1. The Morgan fingerprint density at radius 2 is 2.00 bits per heavy atom. The van der Waals surface area contributed by atoms with Crippen molar-refractivity contribution in [3.63, 3.8) is 0 Å². The van der Waals surface area contributed by atoms with Gasteiger partial charge in [-0.3, -0.25) is 9.69 Å². The Morgan fingerprint density at radius 3 is 2.63 bits per heavy atom. The van der Waals surface area contributed by atoms with Gasteiger partial charge < -0.3 is 19.3 Å². The van der Waals surface area contributed by atoms with Crippen LogP contribution in [0.4, 0.5) is 4.39 Å². The van der Waals surface area contributed by atoms with E-state index in [0.717, 1.165) is 16.9 Å². The molecule has 2 aliphatic heterocycles. The number of aromatic nitrogens is 2. The van der Waals surface area contributed by atoms with Crippen LogP contribution in [0.5, 0.6) is 5.75 Å². The summed E-state index contributed by atoms with van der Waals surface area (Å²) in [5, 5.41) is 10.5. The molecule has 0 aliphatic carbocycles. The van der Waals surface area contributed by atoms with Gasteiger partial charge in [0.2, 0.25) is 5.96 Å². The molecule has 1 unspecified atom stereocenters. The van der Waals surface area contributed by atoms with Gasteiger partial charge in [0.25, 0.3) is 5.91 Å². The van der Waals surface area contributed by atoms with Crippen molar-refractivity contribution in [2.75, 3.05) is 26.8 Å². The second kappa shape index (κ2) is 8.66. The van der Waals surface area contributed by atoms with Crippen LogP contribution >= 0.6 is 0 Å². The number of aliphatic hydroxyl groups is 1. The van der Waals surface area contributed by atoms with E-state index in [4.69, 9.17) is 4.74 Å². The Bertz CT molecular complexity index is 1350. The van der Waals surface area contributed by atoms with Gasteiger partial charge in [0.05, 0.1) is 38.0 Å². The zero-order valence-corrected chi connectivity index (χ0v) is 19.8. The van der Waals surface area contributed by atoms with Crippen LogP contribution in [0, 0.1) is 12.7 Å². The zero-order valence-electron chi connectivity index (χ0n) is 19.8. The quantitative estimate of drug-likeness (QED) is 0.554. The lowest BCUT2D eigenvalue weighted by Gasteiger charge is -2.33. The van der Waals surface area contributed by atoms with Crippen molar-refractivity contribution in [3.8, 4) is 11.4 Å². The molecule has 1 aromatic heterocycles. The second-order valence-corrected chi connectivity index (χ2v) is 8.65. The number of methoxy groups -OCH3 is 1. The fourth-order valence-electron chi connectivity index (χ4n) is 4.71. The predicted molar refractivity (Wildman–Crippen MR) is 130 cm³/mol. The molecule has 1 fully saturated rings. The van der Waals surface area contributed by atoms with Crippen molar-refractivity contribution in [1.82, 2.24) is 19.4 Å². The van der Waals surface area contributed by atoms with Gasteiger partial charge in [-0.05, 0) is 55.3 Å². The Morgan fingerprint density at radius 1 is 1.23 bits per heavy atom. The molecular weight excluding hydrogens is 449 g/mol. The Kier molecular flexibility index (Phi) is 5.64. The van der Waals surface area contributed by atoms with E-state index in [1.807, 2.05) is 47.7 Å². The van der Waals surface area contributed by atoms with E-state index in [2.05, 4.69) is 9.98 Å². The summed E-state index contributed by atoms with van der Waals surface area (Å²) in [5.74, 6) is 0.418. The summed E-state index contributed by atoms with van der Waals surface area (Å²) in [5.41, 5.74) is 2.33. The minimum Gasteiger partial charge on any atom is -0.495 e. The molecule has 0 spiro atoms. The van der Waals surface area contributed by atoms with E-state index in [9.17, 15) is 14.3 Å². The molecule has 180 valence electrons. The molecule has 0 saturated carbocycles. The van der Waals surface area contributed by atoms with E-state index < -0.39 is 5.54 Å². The molecule has 1 atom stereocenters. The van der Waals surface area contributed by atoms with Crippen molar-refractivity contribution in [2.24, 2.45) is 4.99 Å². The number of hydrogen-bond acceptors (Lipinski definition) is 6. The third kappa shape index (κ3) is 3.68. The Balaban J connectivity index is 1.53. The topological polar surface area (TPSA) is 83.2 Å². The number of hydrogen-bond donors (Lipinski definition) is 1. The molecule has 0 bridgehead atoms.